The lowest BCUT2D eigenvalue weighted by molar-refractivity contribution is -0.116. The first-order valence-electron chi connectivity index (χ1n) is 7.40. The van der Waals surface area contributed by atoms with Crippen molar-refractivity contribution in [2.75, 3.05) is 0 Å². The minimum atomic E-state index is -3.78. The lowest BCUT2D eigenvalue weighted by atomic mass is 10.0. The van der Waals surface area contributed by atoms with E-state index >= 15 is 0 Å². The molecule has 0 fully saturated rings. The van der Waals surface area contributed by atoms with Crippen LogP contribution in [0.5, 0.6) is 0 Å². The second-order valence-electron chi connectivity index (χ2n) is 5.17. The van der Waals surface area contributed by atoms with Gasteiger partial charge in [-0.25, -0.2) is 13.6 Å². The number of sulfonamides is 1. The molecule has 2 rings (SSSR count). The molecule has 0 aromatic heterocycles. The van der Waals surface area contributed by atoms with Gasteiger partial charge in [-0.1, -0.05) is 43.2 Å². The number of benzene rings is 2. The van der Waals surface area contributed by atoms with Gasteiger partial charge in [0.05, 0.1) is 10.9 Å². The van der Waals surface area contributed by atoms with Crippen molar-refractivity contribution in [2.24, 2.45) is 5.14 Å². The van der Waals surface area contributed by atoms with Gasteiger partial charge in [-0.2, -0.15) is 0 Å². The predicted molar refractivity (Wildman–Crippen MR) is 92.3 cm³/mol. The number of carbonyl (C=O) groups is 1. The SMILES string of the molecule is CCC(NC(=O)C#Cc1ccccc1)c1cccc(S(N)(=O)=O)c1. The Labute approximate surface area is 141 Å². The van der Waals surface area contributed by atoms with Crippen LogP contribution < -0.4 is 10.5 Å². The molecular formula is C18H18N2O3S. The maximum absolute atomic E-state index is 12.0. The van der Waals surface area contributed by atoms with Crippen molar-refractivity contribution in [1.29, 1.82) is 0 Å². The number of rotatable bonds is 4. The van der Waals surface area contributed by atoms with Crippen molar-refractivity contribution >= 4 is 15.9 Å². The van der Waals surface area contributed by atoms with E-state index in [9.17, 15) is 13.2 Å². The zero-order chi connectivity index (χ0) is 17.6. The first-order valence-corrected chi connectivity index (χ1v) is 8.95. The van der Waals surface area contributed by atoms with E-state index in [1.807, 2.05) is 37.3 Å². The van der Waals surface area contributed by atoms with Crippen molar-refractivity contribution in [3.8, 4) is 11.8 Å². The Morgan fingerprint density at radius 2 is 1.88 bits per heavy atom. The van der Waals surface area contributed by atoms with Gasteiger partial charge in [0.15, 0.2) is 0 Å². The highest BCUT2D eigenvalue weighted by Crippen LogP contribution is 2.19. The molecule has 0 aliphatic carbocycles. The summed E-state index contributed by atoms with van der Waals surface area (Å²) in [6.45, 7) is 1.89. The monoisotopic (exact) mass is 342 g/mol. The molecule has 0 heterocycles. The summed E-state index contributed by atoms with van der Waals surface area (Å²) in [6, 6.07) is 15.1. The molecule has 3 N–H and O–H groups in total. The molecule has 1 atom stereocenters. The van der Waals surface area contributed by atoms with Crippen LogP contribution in [0.15, 0.2) is 59.5 Å². The van der Waals surface area contributed by atoms with Crippen LogP contribution in [-0.4, -0.2) is 14.3 Å². The first kappa shape index (κ1) is 17.7. The van der Waals surface area contributed by atoms with Gasteiger partial charge in [0.25, 0.3) is 5.91 Å². The quantitative estimate of drug-likeness (QED) is 0.832. The molecule has 2 aromatic rings. The topological polar surface area (TPSA) is 89.3 Å². The predicted octanol–water partition coefficient (Wildman–Crippen LogP) is 1.95. The Hall–Kier alpha value is -2.62. The highest BCUT2D eigenvalue weighted by molar-refractivity contribution is 7.89. The van der Waals surface area contributed by atoms with E-state index in [0.717, 1.165) is 5.56 Å². The fourth-order valence-corrected chi connectivity index (χ4v) is 2.74. The van der Waals surface area contributed by atoms with Gasteiger partial charge in [-0.15, -0.1) is 0 Å². The Bertz CT molecular complexity index is 881. The van der Waals surface area contributed by atoms with Gasteiger partial charge >= 0.3 is 0 Å². The average molecular weight is 342 g/mol. The number of hydrogen-bond acceptors (Lipinski definition) is 3. The van der Waals surface area contributed by atoms with Gasteiger partial charge in [0, 0.05) is 11.5 Å². The Balaban J connectivity index is 2.15. The summed E-state index contributed by atoms with van der Waals surface area (Å²) in [5.74, 6) is 4.89. The summed E-state index contributed by atoms with van der Waals surface area (Å²) in [5, 5.41) is 7.93. The summed E-state index contributed by atoms with van der Waals surface area (Å²) in [4.78, 5) is 12.0. The van der Waals surface area contributed by atoms with Gasteiger partial charge in [0.1, 0.15) is 0 Å². The zero-order valence-electron chi connectivity index (χ0n) is 13.2. The van der Waals surface area contributed by atoms with E-state index in [0.29, 0.717) is 12.0 Å². The van der Waals surface area contributed by atoms with Crippen LogP contribution in [0.25, 0.3) is 0 Å². The van der Waals surface area contributed by atoms with Crippen LogP contribution in [-0.2, 0) is 14.8 Å². The molecular weight excluding hydrogens is 324 g/mol. The van der Waals surface area contributed by atoms with Crippen LogP contribution in [0, 0.1) is 11.8 Å². The lowest BCUT2D eigenvalue weighted by Gasteiger charge is -2.16. The largest absolute Gasteiger partial charge is 0.338 e. The number of primary sulfonamides is 1. The summed E-state index contributed by atoms with van der Waals surface area (Å²) in [6.07, 6.45) is 0.590. The van der Waals surface area contributed by atoms with Gasteiger partial charge < -0.3 is 5.32 Å². The third-order valence-corrected chi connectivity index (χ3v) is 4.31. The zero-order valence-corrected chi connectivity index (χ0v) is 14.0. The molecule has 0 bridgehead atoms. The van der Waals surface area contributed by atoms with E-state index in [1.165, 1.54) is 12.1 Å². The molecule has 0 aliphatic heterocycles. The van der Waals surface area contributed by atoms with E-state index in [-0.39, 0.29) is 10.9 Å². The standard InChI is InChI=1S/C18H18N2O3S/c1-2-17(15-9-6-10-16(13-15)24(19,22)23)20-18(21)12-11-14-7-4-3-5-8-14/h3-10,13,17H,2H2,1H3,(H,20,21)(H2,19,22,23). The molecule has 5 nitrogen and oxygen atoms in total. The van der Waals surface area contributed by atoms with Crippen molar-refractivity contribution in [3.63, 3.8) is 0 Å². The molecule has 2 aromatic carbocycles. The Morgan fingerprint density at radius 3 is 2.50 bits per heavy atom. The maximum atomic E-state index is 12.0. The van der Waals surface area contributed by atoms with E-state index in [4.69, 9.17) is 5.14 Å². The molecule has 24 heavy (non-hydrogen) atoms. The van der Waals surface area contributed by atoms with Crippen LogP contribution >= 0.6 is 0 Å². The molecule has 1 unspecified atom stereocenters. The summed E-state index contributed by atoms with van der Waals surface area (Å²) < 4.78 is 22.9. The normalized spacial score (nSPS) is 11.9. The fraction of sp³-hybridized carbons (Fsp3) is 0.167. The van der Waals surface area contributed by atoms with Crippen LogP contribution in [0.4, 0.5) is 0 Å². The van der Waals surface area contributed by atoms with Crippen molar-refractivity contribution < 1.29 is 13.2 Å². The van der Waals surface area contributed by atoms with E-state index in [1.54, 1.807) is 12.1 Å². The number of carbonyl (C=O) groups excluding carboxylic acids is 1. The molecule has 6 heteroatoms. The maximum Gasteiger partial charge on any atom is 0.296 e. The molecule has 1 amide bonds. The fourth-order valence-electron chi connectivity index (χ4n) is 2.17. The van der Waals surface area contributed by atoms with Crippen LogP contribution in [0.3, 0.4) is 0 Å². The summed E-state index contributed by atoms with van der Waals surface area (Å²) in [5.41, 5.74) is 1.41. The van der Waals surface area contributed by atoms with Gasteiger partial charge in [-0.05, 0) is 36.2 Å². The minimum Gasteiger partial charge on any atom is -0.338 e. The Morgan fingerprint density at radius 1 is 1.17 bits per heavy atom. The highest BCUT2D eigenvalue weighted by Gasteiger charge is 2.15. The van der Waals surface area contributed by atoms with Gasteiger partial charge in [-0.3, -0.25) is 4.79 Å². The third kappa shape index (κ3) is 4.95. The molecule has 0 aliphatic rings. The molecule has 0 saturated carbocycles. The van der Waals surface area contributed by atoms with Crippen molar-refractivity contribution in [1.82, 2.24) is 5.32 Å². The molecule has 124 valence electrons. The molecule has 0 spiro atoms. The number of amides is 1. The highest BCUT2D eigenvalue weighted by atomic mass is 32.2. The third-order valence-electron chi connectivity index (χ3n) is 3.40. The molecule has 0 radical (unpaired) electrons. The smallest absolute Gasteiger partial charge is 0.296 e. The molecule has 0 saturated heterocycles. The summed E-state index contributed by atoms with van der Waals surface area (Å²) >= 11 is 0. The minimum absolute atomic E-state index is 0.0167. The number of nitrogens with two attached hydrogens (primary N) is 1. The van der Waals surface area contributed by atoms with E-state index in [2.05, 4.69) is 17.2 Å². The van der Waals surface area contributed by atoms with Crippen LogP contribution in [0.2, 0.25) is 0 Å². The first-order chi connectivity index (χ1) is 11.4. The summed E-state index contributed by atoms with van der Waals surface area (Å²) in [7, 11) is -3.78. The Kier molecular flexibility index (Phi) is 5.74. The van der Waals surface area contributed by atoms with Crippen molar-refractivity contribution in [3.05, 3.63) is 65.7 Å². The number of hydrogen-bond donors (Lipinski definition) is 2. The van der Waals surface area contributed by atoms with Crippen LogP contribution in [0.1, 0.15) is 30.5 Å². The van der Waals surface area contributed by atoms with E-state index < -0.39 is 15.9 Å². The van der Waals surface area contributed by atoms with Crippen molar-refractivity contribution in [2.45, 2.75) is 24.3 Å². The second kappa shape index (κ2) is 7.77. The number of nitrogens with one attached hydrogen (secondary N) is 1. The average Bonchev–Trinajstić information content (AvgIpc) is 2.58. The second-order valence-corrected chi connectivity index (χ2v) is 6.73. The lowest BCUT2D eigenvalue weighted by Crippen LogP contribution is -2.27. The van der Waals surface area contributed by atoms with Gasteiger partial charge in [0.2, 0.25) is 10.0 Å².